The van der Waals surface area contributed by atoms with Crippen molar-refractivity contribution in [2.45, 2.75) is 6.10 Å². The van der Waals surface area contributed by atoms with E-state index in [2.05, 4.69) is 26.0 Å². The van der Waals surface area contributed by atoms with Crippen LogP contribution in [0.3, 0.4) is 0 Å². The molecule has 1 saturated heterocycles. The SMILES string of the molecule is [N-]=[N+]=NCC1CN(c2ccc(Br)cc2)C(=O)O1. The summed E-state index contributed by atoms with van der Waals surface area (Å²) in [5.41, 5.74) is 8.97. The molecule has 17 heavy (non-hydrogen) atoms. The number of anilines is 1. The predicted molar refractivity (Wildman–Crippen MR) is 65.8 cm³/mol. The summed E-state index contributed by atoms with van der Waals surface area (Å²) >= 11 is 3.33. The summed E-state index contributed by atoms with van der Waals surface area (Å²) in [6.07, 6.45) is -0.785. The first-order chi connectivity index (χ1) is 8.20. The van der Waals surface area contributed by atoms with Gasteiger partial charge in [-0.3, -0.25) is 4.90 Å². The van der Waals surface area contributed by atoms with Gasteiger partial charge in [-0.05, 0) is 29.8 Å². The number of nitrogens with zero attached hydrogens (tertiary/aromatic N) is 4. The average molecular weight is 297 g/mol. The number of rotatable bonds is 3. The van der Waals surface area contributed by atoms with Crippen LogP contribution in [0, 0.1) is 0 Å². The quantitative estimate of drug-likeness (QED) is 0.488. The van der Waals surface area contributed by atoms with Crippen molar-refractivity contribution >= 4 is 27.7 Å². The lowest BCUT2D eigenvalue weighted by molar-refractivity contribution is 0.145. The first-order valence-corrected chi connectivity index (χ1v) is 5.74. The van der Waals surface area contributed by atoms with Crippen molar-refractivity contribution in [3.63, 3.8) is 0 Å². The maximum Gasteiger partial charge on any atom is 0.414 e. The molecule has 1 atom stereocenters. The van der Waals surface area contributed by atoms with Crippen molar-refractivity contribution < 1.29 is 9.53 Å². The van der Waals surface area contributed by atoms with Gasteiger partial charge < -0.3 is 4.74 Å². The van der Waals surface area contributed by atoms with E-state index in [1.54, 1.807) is 0 Å². The Bertz CT molecular complexity index is 470. The van der Waals surface area contributed by atoms with Gasteiger partial charge in [-0.15, -0.1) is 0 Å². The summed E-state index contributed by atoms with van der Waals surface area (Å²) < 4.78 is 6.02. The van der Waals surface area contributed by atoms with Crippen LogP contribution >= 0.6 is 15.9 Å². The molecule has 0 bridgehead atoms. The molecule has 0 radical (unpaired) electrons. The van der Waals surface area contributed by atoms with E-state index in [4.69, 9.17) is 10.3 Å². The molecule has 1 heterocycles. The van der Waals surface area contributed by atoms with E-state index >= 15 is 0 Å². The first kappa shape index (κ1) is 11.8. The van der Waals surface area contributed by atoms with Gasteiger partial charge in [0.05, 0.1) is 13.1 Å². The number of cyclic esters (lactones) is 1. The minimum atomic E-state index is -0.412. The van der Waals surface area contributed by atoms with Crippen LogP contribution in [0.5, 0.6) is 0 Å². The van der Waals surface area contributed by atoms with Gasteiger partial charge in [0.25, 0.3) is 0 Å². The van der Waals surface area contributed by atoms with Gasteiger partial charge in [0.15, 0.2) is 0 Å². The number of carbonyl (C=O) groups excluding carboxylic acids is 1. The van der Waals surface area contributed by atoms with Crippen LogP contribution in [0.4, 0.5) is 10.5 Å². The van der Waals surface area contributed by atoms with Gasteiger partial charge in [0.2, 0.25) is 0 Å². The van der Waals surface area contributed by atoms with Crippen molar-refractivity contribution in [2.75, 3.05) is 18.0 Å². The van der Waals surface area contributed by atoms with Crippen molar-refractivity contribution in [1.29, 1.82) is 0 Å². The number of hydrogen-bond donors (Lipinski definition) is 0. The van der Waals surface area contributed by atoms with Crippen molar-refractivity contribution in [2.24, 2.45) is 5.11 Å². The Morgan fingerprint density at radius 2 is 2.24 bits per heavy atom. The molecule has 2 rings (SSSR count). The van der Waals surface area contributed by atoms with E-state index in [0.717, 1.165) is 10.2 Å². The molecule has 0 aromatic heterocycles. The van der Waals surface area contributed by atoms with Crippen LogP contribution in [0.25, 0.3) is 10.4 Å². The Hall–Kier alpha value is -1.72. The molecule has 0 saturated carbocycles. The fourth-order valence-electron chi connectivity index (χ4n) is 1.58. The standard InChI is InChI=1S/C10H9BrN4O2/c11-7-1-3-8(4-2-7)15-6-9(5-13-14-12)17-10(15)16/h1-4,9H,5-6H2. The zero-order valence-corrected chi connectivity index (χ0v) is 10.4. The Balaban J connectivity index is 2.10. The maximum atomic E-state index is 11.6. The lowest BCUT2D eigenvalue weighted by atomic mass is 10.3. The van der Waals surface area contributed by atoms with Crippen LogP contribution in [-0.2, 0) is 4.74 Å². The third kappa shape index (κ3) is 2.69. The third-order valence-electron chi connectivity index (χ3n) is 2.36. The topological polar surface area (TPSA) is 78.3 Å². The second-order valence-corrected chi connectivity index (χ2v) is 4.42. The Kier molecular flexibility index (Phi) is 3.51. The number of benzene rings is 1. The van der Waals surface area contributed by atoms with Crippen LogP contribution in [0.1, 0.15) is 0 Å². The summed E-state index contributed by atoms with van der Waals surface area (Å²) in [6.45, 7) is 0.564. The van der Waals surface area contributed by atoms with Gasteiger partial charge in [0.1, 0.15) is 6.10 Å². The van der Waals surface area contributed by atoms with Crippen molar-refractivity contribution in [3.05, 3.63) is 39.2 Å². The van der Waals surface area contributed by atoms with Crippen LogP contribution < -0.4 is 4.90 Å². The summed E-state index contributed by atoms with van der Waals surface area (Å²) in [5.74, 6) is 0. The molecule has 1 amide bonds. The van der Waals surface area contributed by atoms with Crippen molar-refractivity contribution in [1.82, 2.24) is 0 Å². The van der Waals surface area contributed by atoms with Crippen molar-refractivity contribution in [3.8, 4) is 0 Å². The van der Waals surface area contributed by atoms with E-state index in [1.165, 1.54) is 4.90 Å². The second-order valence-electron chi connectivity index (χ2n) is 3.51. The van der Waals surface area contributed by atoms with Gasteiger partial charge >= 0.3 is 6.09 Å². The number of ether oxygens (including phenoxy) is 1. The van der Waals surface area contributed by atoms with E-state index in [0.29, 0.717) is 6.54 Å². The Morgan fingerprint density at radius 3 is 2.88 bits per heavy atom. The molecule has 0 aliphatic carbocycles. The third-order valence-corrected chi connectivity index (χ3v) is 2.89. The highest BCUT2D eigenvalue weighted by Crippen LogP contribution is 2.23. The van der Waals surface area contributed by atoms with Gasteiger partial charge in [-0.2, -0.15) is 0 Å². The van der Waals surface area contributed by atoms with Crippen LogP contribution in [0.15, 0.2) is 33.9 Å². The van der Waals surface area contributed by atoms with Crippen LogP contribution in [0.2, 0.25) is 0 Å². The zero-order valence-electron chi connectivity index (χ0n) is 8.78. The van der Waals surface area contributed by atoms with Crippen LogP contribution in [-0.4, -0.2) is 25.3 Å². The number of hydrogen-bond acceptors (Lipinski definition) is 3. The molecule has 0 N–H and O–H groups in total. The maximum absolute atomic E-state index is 11.6. The second kappa shape index (κ2) is 5.07. The minimum Gasteiger partial charge on any atom is -0.444 e. The molecule has 1 aromatic carbocycles. The van der Waals surface area contributed by atoms with Gasteiger partial charge in [0, 0.05) is 15.1 Å². The molecule has 1 unspecified atom stereocenters. The minimum absolute atomic E-state index is 0.162. The largest absolute Gasteiger partial charge is 0.444 e. The monoisotopic (exact) mass is 296 g/mol. The highest BCUT2D eigenvalue weighted by Gasteiger charge is 2.31. The van der Waals surface area contributed by atoms with Gasteiger partial charge in [-0.25, -0.2) is 4.79 Å². The molecule has 7 heteroatoms. The molecule has 0 spiro atoms. The molecule has 1 fully saturated rings. The number of azide groups is 1. The Morgan fingerprint density at radius 1 is 1.53 bits per heavy atom. The number of halogens is 1. The van der Waals surface area contributed by atoms with Gasteiger partial charge in [-0.1, -0.05) is 21.0 Å². The Labute approximate surface area is 106 Å². The highest BCUT2D eigenvalue weighted by molar-refractivity contribution is 9.10. The molecule has 1 aromatic rings. The molecular weight excluding hydrogens is 288 g/mol. The fraction of sp³-hybridized carbons (Fsp3) is 0.300. The molecule has 1 aliphatic rings. The normalized spacial score (nSPS) is 18.8. The van der Waals surface area contributed by atoms with E-state index in [9.17, 15) is 4.79 Å². The molecular formula is C10H9BrN4O2. The lowest BCUT2D eigenvalue weighted by Gasteiger charge is -2.12. The van der Waals surface area contributed by atoms with E-state index < -0.39 is 6.09 Å². The van der Waals surface area contributed by atoms with E-state index in [-0.39, 0.29) is 12.6 Å². The lowest BCUT2D eigenvalue weighted by Crippen LogP contribution is -2.24. The smallest absolute Gasteiger partial charge is 0.414 e. The zero-order chi connectivity index (χ0) is 12.3. The summed E-state index contributed by atoms with van der Waals surface area (Å²) in [5, 5.41) is 3.40. The predicted octanol–water partition coefficient (Wildman–Crippen LogP) is 3.08. The molecule has 1 aliphatic heterocycles. The van der Waals surface area contributed by atoms with E-state index in [1.807, 2.05) is 24.3 Å². The first-order valence-electron chi connectivity index (χ1n) is 4.95. The highest BCUT2D eigenvalue weighted by atomic mass is 79.9. The fourth-order valence-corrected chi connectivity index (χ4v) is 1.84. The summed E-state index contributed by atoms with van der Waals surface area (Å²) in [7, 11) is 0. The number of amides is 1. The summed E-state index contributed by atoms with van der Waals surface area (Å²) in [6, 6.07) is 7.34. The average Bonchev–Trinajstić information content (AvgIpc) is 2.69. The molecule has 88 valence electrons. The summed E-state index contributed by atoms with van der Waals surface area (Å²) in [4.78, 5) is 15.8. The number of carbonyl (C=O) groups is 1. The molecule has 6 nitrogen and oxygen atoms in total.